The highest BCUT2D eigenvalue weighted by molar-refractivity contribution is 5.93. The lowest BCUT2D eigenvalue weighted by Gasteiger charge is -2.35. The summed E-state index contributed by atoms with van der Waals surface area (Å²) >= 11 is 0. The maximum atomic E-state index is 14.9. The van der Waals surface area contributed by atoms with Crippen molar-refractivity contribution in [2.45, 2.75) is 76.2 Å². The van der Waals surface area contributed by atoms with Gasteiger partial charge in [-0.25, -0.2) is 27.9 Å². The first kappa shape index (κ1) is 33.4. The third-order valence-electron chi connectivity index (χ3n) is 8.88. The van der Waals surface area contributed by atoms with Crippen LogP contribution in [0.4, 0.5) is 29.9 Å². The number of carbonyl (C=O) groups excluding carboxylic acids is 2. The van der Waals surface area contributed by atoms with E-state index in [0.717, 1.165) is 18.9 Å². The maximum Gasteiger partial charge on any atom is 0.407 e. The average Bonchev–Trinajstić information content (AvgIpc) is 3.83. The molecule has 13 nitrogen and oxygen atoms in total. The molecule has 0 spiro atoms. The Morgan fingerprint density at radius 2 is 1.71 bits per heavy atom. The quantitative estimate of drug-likeness (QED) is 0.358. The third-order valence-corrected chi connectivity index (χ3v) is 8.88. The van der Waals surface area contributed by atoms with Crippen LogP contribution in [0.2, 0.25) is 0 Å². The molecule has 3 aliphatic rings. The number of anilines is 2. The van der Waals surface area contributed by atoms with Crippen LogP contribution < -0.4 is 15.1 Å². The Morgan fingerprint density at radius 1 is 1.00 bits per heavy atom. The fourth-order valence-electron chi connectivity index (χ4n) is 6.39. The minimum atomic E-state index is -1.31. The van der Waals surface area contributed by atoms with E-state index in [2.05, 4.69) is 25.4 Å². The van der Waals surface area contributed by atoms with Crippen LogP contribution in [0.1, 0.15) is 80.2 Å². The number of nitrogens with zero attached hydrogens (tertiary/aromatic N) is 7. The first-order chi connectivity index (χ1) is 22.9. The molecule has 0 saturated carbocycles. The smallest absolute Gasteiger partial charge is 0.407 e. The molecule has 1 aromatic carbocycles. The van der Waals surface area contributed by atoms with E-state index in [4.69, 9.17) is 14.0 Å². The molecule has 1 N–H and O–H groups in total. The summed E-state index contributed by atoms with van der Waals surface area (Å²) in [5.74, 6) is -3.67. The number of halogens is 3. The summed E-state index contributed by atoms with van der Waals surface area (Å²) in [5, 5.41) is 6.82. The second kappa shape index (κ2) is 13.6. The van der Waals surface area contributed by atoms with Gasteiger partial charge in [-0.1, -0.05) is 5.16 Å². The number of hydrogen-bond acceptors (Lipinski definition) is 11. The van der Waals surface area contributed by atoms with E-state index < -0.39 is 41.1 Å². The van der Waals surface area contributed by atoms with Gasteiger partial charge in [0.2, 0.25) is 11.8 Å². The van der Waals surface area contributed by atoms with E-state index in [1.165, 1.54) is 12.4 Å². The normalized spacial score (nSPS) is 21.9. The molecule has 16 heteroatoms. The molecule has 0 aliphatic carbocycles. The van der Waals surface area contributed by atoms with E-state index in [0.29, 0.717) is 50.4 Å². The fraction of sp³-hybridized carbons (Fsp3) is 0.562. The molecule has 0 radical (unpaired) electrons. The number of amides is 2. The van der Waals surface area contributed by atoms with Crippen molar-refractivity contribution in [3.63, 3.8) is 0 Å². The lowest BCUT2D eigenvalue weighted by Crippen LogP contribution is -2.45. The lowest BCUT2D eigenvalue weighted by atomic mass is 9.93. The molecule has 3 aliphatic heterocycles. The molecule has 3 saturated heterocycles. The summed E-state index contributed by atoms with van der Waals surface area (Å²) in [6, 6.07) is 0.977. The number of aromatic nitrogens is 4. The van der Waals surface area contributed by atoms with Crippen LogP contribution >= 0.6 is 0 Å². The Balaban J connectivity index is 1.09. The van der Waals surface area contributed by atoms with Crippen molar-refractivity contribution in [2.75, 3.05) is 49.6 Å². The Kier molecular flexibility index (Phi) is 9.45. The van der Waals surface area contributed by atoms with Crippen molar-refractivity contribution >= 4 is 24.0 Å². The van der Waals surface area contributed by atoms with Gasteiger partial charge in [-0.3, -0.25) is 4.79 Å². The van der Waals surface area contributed by atoms with Crippen LogP contribution in [-0.4, -0.2) is 94.5 Å². The summed E-state index contributed by atoms with van der Waals surface area (Å²) in [5.41, 5.74) is -0.601. The van der Waals surface area contributed by atoms with Gasteiger partial charge in [0, 0.05) is 70.3 Å². The molecule has 3 unspecified atom stereocenters. The molecule has 2 amide bonds. The predicted octanol–water partition coefficient (Wildman–Crippen LogP) is 4.37. The summed E-state index contributed by atoms with van der Waals surface area (Å²) in [7, 11) is 1.74. The zero-order valence-electron chi connectivity index (χ0n) is 27.3. The van der Waals surface area contributed by atoms with Gasteiger partial charge in [0.15, 0.2) is 11.6 Å². The summed E-state index contributed by atoms with van der Waals surface area (Å²) < 4.78 is 59.3. The summed E-state index contributed by atoms with van der Waals surface area (Å²) in [6.07, 6.45) is 5.22. The molecule has 6 rings (SSSR count). The zero-order chi connectivity index (χ0) is 34.2. The van der Waals surface area contributed by atoms with Crippen molar-refractivity contribution in [1.82, 2.24) is 30.3 Å². The average molecular weight is 673 g/mol. The van der Waals surface area contributed by atoms with Crippen LogP contribution in [0.25, 0.3) is 0 Å². The Labute approximate surface area is 275 Å². The number of carbonyl (C=O) groups is 2. The third kappa shape index (κ3) is 7.32. The van der Waals surface area contributed by atoms with E-state index in [-0.39, 0.29) is 48.2 Å². The number of rotatable bonds is 7. The number of ether oxygens (including phenoxy) is 2. The van der Waals surface area contributed by atoms with Crippen LogP contribution in [0.15, 0.2) is 29.0 Å². The van der Waals surface area contributed by atoms with Crippen LogP contribution in [0.5, 0.6) is 0 Å². The number of nitrogens with one attached hydrogen (secondary N) is 1. The number of hydrogen-bond donors (Lipinski definition) is 1. The van der Waals surface area contributed by atoms with Gasteiger partial charge in [0.05, 0.1) is 11.6 Å². The SMILES string of the molecule is CN(C(=O)c1cnc(N2CC(NC(=O)OC(C)(C)C)C(c3cc(F)c(F)cc3F)C2)nc1)C1CCN(c2nc(C3CCCO3)no2)CC1. The van der Waals surface area contributed by atoms with Crippen molar-refractivity contribution in [1.29, 1.82) is 0 Å². The second-order valence-corrected chi connectivity index (χ2v) is 13.4. The summed E-state index contributed by atoms with van der Waals surface area (Å²) in [6.45, 7) is 7.30. The minimum Gasteiger partial charge on any atom is -0.444 e. The van der Waals surface area contributed by atoms with Gasteiger partial charge in [-0.15, -0.1) is 0 Å². The Hall–Kier alpha value is -4.47. The maximum absolute atomic E-state index is 14.9. The largest absolute Gasteiger partial charge is 0.444 e. The van der Waals surface area contributed by atoms with Gasteiger partial charge in [-0.05, 0) is 58.1 Å². The van der Waals surface area contributed by atoms with E-state index in [1.807, 2.05) is 4.90 Å². The van der Waals surface area contributed by atoms with Crippen molar-refractivity contribution in [3.8, 4) is 0 Å². The molecule has 0 bridgehead atoms. The Morgan fingerprint density at radius 3 is 2.38 bits per heavy atom. The highest BCUT2D eigenvalue weighted by Crippen LogP contribution is 2.33. The number of piperidine rings is 1. The first-order valence-corrected chi connectivity index (χ1v) is 16.0. The van der Waals surface area contributed by atoms with Gasteiger partial charge >= 0.3 is 12.1 Å². The first-order valence-electron chi connectivity index (χ1n) is 16.0. The molecule has 3 aromatic rings. The zero-order valence-corrected chi connectivity index (χ0v) is 27.3. The second-order valence-electron chi connectivity index (χ2n) is 13.4. The highest BCUT2D eigenvalue weighted by atomic mass is 19.2. The van der Waals surface area contributed by atoms with Crippen LogP contribution in [-0.2, 0) is 9.47 Å². The minimum absolute atomic E-state index is 0.0287. The van der Waals surface area contributed by atoms with Crippen molar-refractivity contribution in [3.05, 3.63) is 58.9 Å². The van der Waals surface area contributed by atoms with Crippen molar-refractivity contribution < 1.29 is 36.8 Å². The predicted molar refractivity (Wildman–Crippen MR) is 166 cm³/mol. The number of alkyl carbamates (subject to hydrolysis) is 1. The fourth-order valence-corrected chi connectivity index (χ4v) is 6.39. The monoisotopic (exact) mass is 672 g/mol. The van der Waals surface area contributed by atoms with Gasteiger partial charge in [0.1, 0.15) is 17.5 Å². The molecule has 3 fully saturated rings. The van der Waals surface area contributed by atoms with E-state index in [9.17, 15) is 22.8 Å². The molecule has 2 aromatic heterocycles. The van der Waals surface area contributed by atoms with E-state index in [1.54, 1.807) is 37.6 Å². The van der Waals surface area contributed by atoms with E-state index >= 15 is 0 Å². The standard InChI is InChI=1S/C32H39F3N8O5/c1-32(2,3)47-31(45)38-25-17-43(16-21(25)20-12-23(34)24(35)13-22(20)33)29-36-14-18(15-37-29)28(44)41(4)19-7-9-42(10-8-19)30-39-27(40-48-30)26-6-5-11-46-26/h12-15,19,21,25-26H,5-11,16-17H2,1-4H3,(H,38,45). The molecule has 5 heterocycles. The van der Waals surface area contributed by atoms with Gasteiger partial charge < -0.3 is 34.0 Å². The topological polar surface area (TPSA) is 139 Å². The summed E-state index contributed by atoms with van der Waals surface area (Å²) in [4.78, 5) is 44.7. The molecule has 258 valence electrons. The highest BCUT2D eigenvalue weighted by Gasteiger charge is 2.39. The van der Waals surface area contributed by atoms with Gasteiger partial charge in [0.25, 0.3) is 5.91 Å². The van der Waals surface area contributed by atoms with Crippen LogP contribution in [0, 0.1) is 17.5 Å². The van der Waals surface area contributed by atoms with Crippen LogP contribution in [0.3, 0.4) is 0 Å². The van der Waals surface area contributed by atoms with Crippen molar-refractivity contribution in [2.24, 2.45) is 0 Å². The van der Waals surface area contributed by atoms with Gasteiger partial charge in [-0.2, -0.15) is 4.98 Å². The molecule has 48 heavy (non-hydrogen) atoms. The lowest BCUT2D eigenvalue weighted by molar-refractivity contribution is 0.0504. The molecule has 3 atom stereocenters. The number of benzene rings is 1. The molecular weight excluding hydrogens is 633 g/mol. The Bertz CT molecular complexity index is 1620. The molecular formula is C32H39F3N8O5.